The highest BCUT2D eigenvalue weighted by Gasteiger charge is 1.97. The van der Waals surface area contributed by atoms with Crippen molar-refractivity contribution in [3.63, 3.8) is 0 Å². The number of hydrogen-bond acceptors (Lipinski definition) is 1. The molecule has 3 heteroatoms. The van der Waals surface area contributed by atoms with Gasteiger partial charge in [0.05, 0.1) is 19.8 Å². The first-order chi connectivity index (χ1) is 6.45. The normalized spacial score (nSPS) is 11.7. The van der Waals surface area contributed by atoms with Gasteiger partial charge in [-0.3, -0.25) is 4.40 Å². The van der Waals surface area contributed by atoms with Gasteiger partial charge in [-0.25, -0.2) is 4.75 Å². The summed E-state index contributed by atoms with van der Waals surface area (Å²) in [6.07, 6.45) is 0. The average molecular weight is 186 g/mol. The monoisotopic (exact) mass is 186 g/mol. The molecule has 0 N–H and O–H groups in total. The molecule has 0 aliphatic carbocycles. The van der Waals surface area contributed by atoms with Crippen LogP contribution >= 0.6 is 8.35 Å². The quantitative estimate of drug-likeness (QED) is 0.527. The molecule has 0 saturated heterocycles. The Morgan fingerprint density at radius 3 is 3.00 bits per heavy atom. The fourth-order valence-corrected chi connectivity index (χ4v) is 2.23. The summed E-state index contributed by atoms with van der Waals surface area (Å²) in [5.74, 6) is 2.08. The van der Waals surface area contributed by atoms with Crippen LogP contribution in [0.5, 0.6) is 0 Å². The van der Waals surface area contributed by atoms with Gasteiger partial charge in [-0.05, 0) is 23.6 Å². The molecule has 0 saturated carbocycles. The second-order valence-corrected chi connectivity index (χ2v) is 3.61. The van der Waals surface area contributed by atoms with Crippen LogP contribution in [0.25, 0.3) is 16.6 Å². The van der Waals surface area contributed by atoms with Crippen LogP contribution in [0, 0.1) is 0 Å². The van der Waals surface area contributed by atoms with E-state index in [2.05, 4.69) is 51.5 Å². The van der Waals surface area contributed by atoms with Crippen molar-refractivity contribution >= 4 is 24.9 Å². The lowest BCUT2D eigenvalue weighted by molar-refractivity contribution is 1.26. The van der Waals surface area contributed by atoms with Crippen molar-refractivity contribution in [2.24, 2.45) is 0 Å². The third-order valence-electron chi connectivity index (χ3n) is 2.18. The van der Waals surface area contributed by atoms with Gasteiger partial charge in [0.25, 0.3) is 0 Å². The molecule has 0 bridgehead atoms. The first kappa shape index (κ1) is 7.05. The zero-order chi connectivity index (χ0) is 8.67. The summed E-state index contributed by atoms with van der Waals surface area (Å²) in [5.41, 5.74) is 2.27. The van der Waals surface area contributed by atoms with Crippen molar-refractivity contribution in [1.82, 2.24) is 9.15 Å². The van der Waals surface area contributed by atoms with Gasteiger partial charge in [-0.15, -0.1) is 0 Å². The van der Waals surface area contributed by atoms with Crippen LogP contribution in [0.2, 0.25) is 0 Å². The minimum atomic E-state index is 1.03. The van der Waals surface area contributed by atoms with Crippen LogP contribution in [0.1, 0.15) is 0 Å². The molecule has 2 heterocycles. The molecular weight excluding hydrogens is 179 g/mol. The van der Waals surface area contributed by atoms with Crippen LogP contribution in [-0.2, 0) is 0 Å². The molecule has 0 unspecified atom stereocenters. The lowest BCUT2D eigenvalue weighted by Crippen LogP contribution is -1.85. The molecule has 2 nitrogen and oxygen atoms in total. The second-order valence-electron chi connectivity index (χ2n) is 2.95. The molecule has 0 spiro atoms. The van der Waals surface area contributed by atoms with E-state index in [4.69, 9.17) is 0 Å². The maximum absolute atomic E-state index is 4.33. The summed E-state index contributed by atoms with van der Waals surface area (Å²) in [6.45, 7) is 0. The Kier molecular flexibility index (Phi) is 1.38. The van der Waals surface area contributed by atoms with E-state index in [1.54, 1.807) is 0 Å². The number of benzene rings is 1. The fourth-order valence-electron chi connectivity index (χ4n) is 1.56. The van der Waals surface area contributed by atoms with Gasteiger partial charge in [-0.1, -0.05) is 18.2 Å². The summed E-state index contributed by atoms with van der Waals surface area (Å²) in [6, 6.07) is 12.5. The third-order valence-corrected chi connectivity index (χ3v) is 2.84. The van der Waals surface area contributed by atoms with Gasteiger partial charge in [0.1, 0.15) is 5.65 Å². The van der Waals surface area contributed by atoms with E-state index < -0.39 is 0 Å². The summed E-state index contributed by atoms with van der Waals surface area (Å²) in [5, 5.41) is 1.26. The molecular formula is C10H7N2P. The minimum Gasteiger partial charge on any atom is -0.295 e. The number of hydrogen-bond donors (Lipinski definition) is 0. The Bertz CT molecular complexity index is 571. The van der Waals surface area contributed by atoms with Crippen molar-refractivity contribution < 1.29 is 0 Å². The van der Waals surface area contributed by atoms with E-state index in [9.17, 15) is 0 Å². The van der Waals surface area contributed by atoms with E-state index in [1.807, 2.05) is 0 Å². The molecule has 0 amide bonds. The van der Waals surface area contributed by atoms with Crippen molar-refractivity contribution in [3.05, 3.63) is 42.3 Å². The van der Waals surface area contributed by atoms with E-state index in [-0.39, 0.29) is 0 Å². The van der Waals surface area contributed by atoms with Crippen molar-refractivity contribution in [2.45, 2.75) is 0 Å². The van der Waals surface area contributed by atoms with Crippen molar-refractivity contribution in [3.8, 4) is 0 Å². The Morgan fingerprint density at radius 2 is 2.00 bits per heavy atom. The Balaban J connectivity index is 2.65. The Labute approximate surface area is 77.0 Å². The highest BCUT2D eigenvalue weighted by atomic mass is 31.0. The molecule has 0 radical (unpaired) electrons. The standard InChI is InChI=1S/C10H7N2P/c1-2-4-9-8(3-1)5-6-10-11-13-7-12(9)10/h1-7H. The van der Waals surface area contributed by atoms with Gasteiger partial charge in [0.15, 0.2) is 0 Å². The van der Waals surface area contributed by atoms with E-state index in [0.29, 0.717) is 0 Å². The third kappa shape index (κ3) is 0.958. The first-order valence-corrected chi connectivity index (χ1v) is 5.04. The summed E-state index contributed by atoms with van der Waals surface area (Å²) >= 11 is 0. The molecule has 0 atom stereocenters. The van der Waals surface area contributed by atoms with Crippen LogP contribution in [-0.4, -0.2) is 9.15 Å². The smallest absolute Gasteiger partial charge is 0.142 e. The molecule has 0 aliphatic heterocycles. The minimum absolute atomic E-state index is 1.03. The largest absolute Gasteiger partial charge is 0.295 e. The average Bonchev–Trinajstić information content (AvgIpc) is 2.65. The van der Waals surface area contributed by atoms with E-state index in [1.165, 1.54) is 10.9 Å². The molecule has 0 aliphatic rings. The summed E-state index contributed by atoms with van der Waals surface area (Å²) in [7, 11) is 1.03. The van der Waals surface area contributed by atoms with Crippen molar-refractivity contribution in [1.29, 1.82) is 0 Å². The maximum atomic E-state index is 4.33. The Morgan fingerprint density at radius 1 is 1.08 bits per heavy atom. The molecule has 2 aromatic heterocycles. The number of fused-ring (bicyclic) bond motifs is 3. The Hall–Kier alpha value is -1.40. The topological polar surface area (TPSA) is 17.3 Å². The molecule has 3 aromatic rings. The highest BCUT2D eigenvalue weighted by Crippen LogP contribution is 2.17. The SMILES string of the molecule is c1ccc2c(c1)ccc1npcn12. The number of pyridine rings is 1. The van der Waals surface area contributed by atoms with E-state index >= 15 is 0 Å². The predicted octanol–water partition coefficient (Wildman–Crippen LogP) is 3.07. The lowest BCUT2D eigenvalue weighted by Gasteiger charge is -1.99. The molecule has 13 heavy (non-hydrogen) atoms. The number of rotatable bonds is 0. The van der Waals surface area contributed by atoms with Gasteiger partial charge >= 0.3 is 0 Å². The van der Waals surface area contributed by atoms with Crippen LogP contribution < -0.4 is 0 Å². The zero-order valence-corrected chi connectivity index (χ0v) is 7.78. The van der Waals surface area contributed by atoms with Crippen LogP contribution in [0.3, 0.4) is 0 Å². The summed E-state index contributed by atoms with van der Waals surface area (Å²) < 4.78 is 6.46. The number of nitrogens with zero attached hydrogens (tertiary/aromatic N) is 2. The molecule has 62 valence electrons. The van der Waals surface area contributed by atoms with Crippen molar-refractivity contribution in [2.75, 3.05) is 0 Å². The van der Waals surface area contributed by atoms with Gasteiger partial charge in [-0.2, -0.15) is 0 Å². The predicted molar refractivity (Wildman–Crippen MR) is 55.2 cm³/mol. The van der Waals surface area contributed by atoms with Gasteiger partial charge < -0.3 is 0 Å². The van der Waals surface area contributed by atoms with Crippen LogP contribution in [0.4, 0.5) is 0 Å². The zero-order valence-electron chi connectivity index (χ0n) is 6.88. The molecule has 0 fully saturated rings. The number of aromatic nitrogens is 2. The van der Waals surface area contributed by atoms with Gasteiger partial charge in [0, 0.05) is 0 Å². The van der Waals surface area contributed by atoms with Gasteiger partial charge in [0.2, 0.25) is 0 Å². The molecule has 3 rings (SSSR count). The van der Waals surface area contributed by atoms with E-state index in [0.717, 1.165) is 14.0 Å². The van der Waals surface area contributed by atoms with Crippen LogP contribution in [0.15, 0.2) is 42.3 Å². The first-order valence-electron chi connectivity index (χ1n) is 4.13. The summed E-state index contributed by atoms with van der Waals surface area (Å²) in [4.78, 5) is 0. The molecule has 1 aromatic carbocycles. The maximum Gasteiger partial charge on any atom is 0.142 e. The highest BCUT2D eigenvalue weighted by molar-refractivity contribution is 7.24. The second kappa shape index (κ2) is 2.54. The lowest BCUT2D eigenvalue weighted by atomic mass is 10.2. The number of para-hydroxylation sites is 1. The fraction of sp³-hybridized carbons (Fsp3) is 0.